The van der Waals surface area contributed by atoms with Crippen LogP contribution < -0.4 is 0 Å². The summed E-state index contributed by atoms with van der Waals surface area (Å²) in [4.78, 5) is 0.235. The van der Waals surface area contributed by atoms with Crippen molar-refractivity contribution in [1.82, 2.24) is 0 Å². The Hall–Kier alpha value is 0.310. The van der Waals surface area contributed by atoms with Gasteiger partial charge in [-0.15, -0.1) is 11.8 Å². The molecule has 2 heteroatoms. The molecule has 1 heterocycles. The fraction of sp³-hybridized carbons (Fsp3) is 1.00. The average molecular weight is 242 g/mol. The van der Waals surface area contributed by atoms with Crippen LogP contribution in [0.3, 0.4) is 0 Å². The molecule has 2 rings (SSSR count). The summed E-state index contributed by atoms with van der Waals surface area (Å²) >= 11 is 2.09. The first-order chi connectivity index (χ1) is 7.91. The van der Waals surface area contributed by atoms with Gasteiger partial charge >= 0.3 is 0 Å². The molecule has 1 saturated carbocycles. The number of hydrogen-bond donors (Lipinski definition) is 0. The topological polar surface area (TPSA) is 9.23 Å². The molecule has 0 atom stereocenters. The molecule has 1 aliphatic carbocycles. The van der Waals surface area contributed by atoms with Crippen LogP contribution >= 0.6 is 11.8 Å². The van der Waals surface area contributed by atoms with Gasteiger partial charge in [-0.2, -0.15) is 0 Å². The highest BCUT2D eigenvalue weighted by molar-refractivity contribution is 8.00. The van der Waals surface area contributed by atoms with E-state index in [-0.39, 0.29) is 4.93 Å². The van der Waals surface area contributed by atoms with E-state index < -0.39 is 0 Å². The molecule has 2 aliphatic rings. The minimum atomic E-state index is 0.235. The normalized spacial score (nSPS) is 28.5. The van der Waals surface area contributed by atoms with Crippen LogP contribution in [0.5, 0.6) is 0 Å². The summed E-state index contributed by atoms with van der Waals surface area (Å²) in [5.41, 5.74) is 0. The Morgan fingerprint density at radius 2 is 1.19 bits per heavy atom. The van der Waals surface area contributed by atoms with Gasteiger partial charge in [0.1, 0.15) is 4.93 Å². The second-order valence-corrected chi connectivity index (χ2v) is 6.73. The van der Waals surface area contributed by atoms with Gasteiger partial charge in [-0.05, 0) is 25.7 Å². The molecule has 0 bridgehead atoms. The molecular weight excluding hydrogens is 216 g/mol. The lowest BCUT2D eigenvalue weighted by Gasteiger charge is -2.28. The maximum Gasteiger partial charge on any atom is 0.113 e. The Bertz CT molecular complexity index is 173. The summed E-state index contributed by atoms with van der Waals surface area (Å²) in [6.45, 7) is 0.991. The molecule has 1 saturated heterocycles. The largest absolute Gasteiger partial charge is 0.363 e. The minimum Gasteiger partial charge on any atom is -0.363 e. The highest BCUT2D eigenvalue weighted by atomic mass is 32.2. The van der Waals surface area contributed by atoms with E-state index in [4.69, 9.17) is 4.74 Å². The Balaban J connectivity index is 1.80. The first-order valence-electron chi connectivity index (χ1n) is 7.19. The van der Waals surface area contributed by atoms with Crippen molar-refractivity contribution in [3.63, 3.8) is 0 Å². The van der Waals surface area contributed by atoms with Crippen molar-refractivity contribution in [1.29, 1.82) is 0 Å². The molecule has 0 unspecified atom stereocenters. The van der Waals surface area contributed by atoms with E-state index in [1.807, 2.05) is 0 Å². The zero-order chi connectivity index (χ0) is 11.1. The lowest BCUT2D eigenvalue weighted by molar-refractivity contribution is 0.0344. The molecule has 0 aromatic heterocycles. The molecule has 0 N–H and O–H groups in total. The van der Waals surface area contributed by atoms with Gasteiger partial charge in [-0.3, -0.25) is 0 Å². The van der Waals surface area contributed by atoms with Gasteiger partial charge in [0.05, 0.1) is 6.61 Å². The number of rotatable bonds is 0. The van der Waals surface area contributed by atoms with Crippen LogP contribution in [0.1, 0.15) is 70.6 Å². The summed E-state index contributed by atoms with van der Waals surface area (Å²) in [7, 11) is 0. The number of ether oxygens (including phenoxy) is 1. The van der Waals surface area contributed by atoms with Crippen LogP contribution in [0.4, 0.5) is 0 Å². The fourth-order valence-electron chi connectivity index (χ4n) is 2.94. The van der Waals surface area contributed by atoms with Crippen molar-refractivity contribution >= 4 is 11.8 Å². The predicted octanol–water partition coefficient (Wildman–Crippen LogP) is 4.75. The van der Waals surface area contributed by atoms with E-state index in [0.29, 0.717) is 0 Å². The summed E-state index contributed by atoms with van der Waals surface area (Å²) < 4.78 is 6.05. The molecule has 2 fully saturated rings. The Morgan fingerprint density at radius 1 is 0.688 bits per heavy atom. The van der Waals surface area contributed by atoms with Crippen molar-refractivity contribution in [2.24, 2.45) is 0 Å². The maximum atomic E-state index is 6.05. The summed E-state index contributed by atoms with van der Waals surface area (Å²) in [6, 6.07) is 0. The predicted molar refractivity (Wildman–Crippen MR) is 71.9 cm³/mol. The van der Waals surface area contributed by atoms with E-state index in [1.54, 1.807) is 0 Å². The first kappa shape index (κ1) is 12.8. The third kappa shape index (κ3) is 3.96. The van der Waals surface area contributed by atoms with Gasteiger partial charge in [-0.1, -0.05) is 44.9 Å². The molecular formula is C14H26OS. The van der Waals surface area contributed by atoms with Crippen molar-refractivity contribution < 1.29 is 4.74 Å². The van der Waals surface area contributed by atoms with Gasteiger partial charge in [0.25, 0.3) is 0 Å². The van der Waals surface area contributed by atoms with E-state index in [2.05, 4.69) is 11.8 Å². The maximum absolute atomic E-state index is 6.05. The minimum absolute atomic E-state index is 0.235. The van der Waals surface area contributed by atoms with Crippen LogP contribution in [0.2, 0.25) is 0 Å². The van der Waals surface area contributed by atoms with E-state index in [1.165, 1.54) is 76.4 Å². The lowest BCUT2D eigenvalue weighted by Crippen LogP contribution is -2.24. The van der Waals surface area contributed by atoms with Crippen LogP contribution in [-0.2, 0) is 4.74 Å². The molecule has 0 radical (unpaired) electrons. The van der Waals surface area contributed by atoms with Crippen molar-refractivity contribution in [2.45, 2.75) is 75.6 Å². The van der Waals surface area contributed by atoms with Gasteiger partial charge in [0, 0.05) is 5.75 Å². The molecule has 1 nitrogen and oxygen atoms in total. The van der Waals surface area contributed by atoms with Crippen molar-refractivity contribution in [3.05, 3.63) is 0 Å². The molecule has 1 aliphatic heterocycles. The standard InChI is InChI=1S/C14H26OS/c1-2-4-6-8-10-14(15-12-13-16-14)11-9-7-5-3-1/h1-13H2. The van der Waals surface area contributed by atoms with Gasteiger partial charge in [0.2, 0.25) is 0 Å². The van der Waals surface area contributed by atoms with E-state index in [0.717, 1.165) is 6.61 Å². The van der Waals surface area contributed by atoms with Crippen LogP contribution in [-0.4, -0.2) is 17.3 Å². The van der Waals surface area contributed by atoms with Gasteiger partial charge in [-0.25, -0.2) is 0 Å². The SMILES string of the molecule is C1CCCCCC2(CCCCC1)OCCS2. The summed E-state index contributed by atoms with van der Waals surface area (Å²) in [6.07, 6.45) is 15.5. The average Bonchev–Trinajstić information content (AvgIpc) is 2.73. The molecule has 0 amide bonds. The second kappa shape index (κ2) is 6.90. The third-order valence-electron chi connectivity index (χ3n) is 3.93. The first-order valence-corrected chi connectivity index (χ1v) is 8.18. The number of hydrogen-bond acceptors (Lipinski definition) is 2. The Morgan fingerprint density at radius 3 is 1.62 bits per heavy atom. The quantitative estimate of drug-likeness (QED) is 0.606. The van der Waals surface area contributed by atoms with Crippen LogP contribution in [0.25, 0.3) is 0 Å². The van der Waals surface area contributed by atoms with Crippen molar-refractivity contribution in [3.8, 4) is 0 Å². The monoisotopic (exact) mass is 242 g/mol. The zero-order valence-electron chi connectivity index (χ0n) is 10.5. The van der Waals surface area contributed by atoms with Gasteiger partial charge in [0.15, 0.2) is 0 Å². The van der Waals surface area contributed by atoms with E-state index in [9.17, 15) is 0 Å². The smallest absolute Gasteiger partial charge is 0.113 e. The molecule has 0 aromatic rings. The fourth-order valence-corrected chi connectivity index (χ4v) is 4.22. The Labute approximate surface area is 105 Å². The zero-order valence-corrected chi connectivity index (χ0v) is 11.3. The number of thioether (sulfide) groups is 1. The Kier molecular flexibility index (Phi) is 5.51. The van der Waals surface area contributed by atoms with Gasteiger partial charge < -0.3 is 4.74 Å². The highest BCUT2D eigenvalue weighted by Gasteiger charge is 2.34. The molecule has 0 aromatic carbocycles. The van der Waals surface area contributed by atoms with Crippen LogP contribution in [0, 0.1) is 0 Å². The second-order valence-electron chi connectivity index (χ2n) is 5.29. The van der Waals surface area contributed by atoms with E-state index >= 15 is 0 Å². The lowest BCUT2D eigenvalue weighted by atomic mass is 9.99. The third-order valence-corrected chi connectivity index (χ3v) is 5.35. The van der Waals surface area contributed by atoms with Crippen molar-refractivity contribution in [2.75, 3.05) is 12.4 Å². The van der Waals surface area contributed by atoms with Crippen LogP contribution in [0.15, 0.2) is 0 Å². The molecule has 1 spiro atoms. The summed E-state index contributed by atoms with van der Waals surface area (Å²) in [5, 5.41) is 0. The molecule has 16 heavy (non-hydrogen) atoms. The molecule has 94 valence electrons. The summed E-state index contributed by atoms with van der Waals surface area (Å²) in [5.74, 6) is 1.22. The highest BCUT2D eigenvalue weighted by Crippen LogP contribution is 2.41.